The van der Waals surface area contributed by atoms with Gasteiger partial charge >= 0.3 is 5.97 Å². The molecule has 1 aromatic heterocycles. The molecule has 0 N–H and O–H groups in total. The highest BCUT2D eigenvalue weighted by molar-refractivity contribution is 5.90. The van der Waals surface area contributed by atoms with Gasteiger partial charge in [0, 0.05) is 11.6 Å². The van der Waals surface area contributed by atoms with Crippen LogP contribution in [0.3, 0.4) is 0 Å². The molecule has 1 aliphatic rings. The molecule has 0 fully saturated rings. The fourth-order valence-electron chi connectivity index (χ4n) is 2.40. The van der Waals surface area contributed by atoms with Gasteiger partial charge in [0.15, 0.2) is 0 Å². The summed E-state index contributed by atoms with van der Waals surface area (Å²) >= 11 is 0. The molecule has 3 rings (SSSR count). The van der Waals surface area contributed by atoms with Gasteiger partial charge in [-0.2, -0.15) is 0 Å². The van der Waals surface area contributed by atoms with Crippen LogP contribution in [0, 0.1) is 5.82 Å². The first-order chi connectivity index (χ1) is 10.6. The summed E-state index contributed by atoms with van der Waals surface area (Å²) in [7, 11) is 2.78. The van der Waals surface area contributed by atoms with E-state index in [4.69, 9.17) is 9.47 Å². The fourth-order valence-corrected chi connectivity index (χ4v) is 2.40. The molecule has 0 amide bonds. The number of fused-ring (bicyclic) bond motifs is 2. The normalized spacial score (nSPS) is 12.5. The third-order valence-electron chi connectivity index (χ3n) is 3.52. The number of methoxy groups -OCH3 is 2. The Morgan fingerprint density at radius 3 is 2.77 bits per heavy atom. The van der Waals surface area contributed by atoms with Crippen molar-refractivity contribution in [3.8, 4) is 17.4 Å². The number of pyridine rings is 1. The van der Waals surface area contributed by atoms with Crippen LogP contribution >= 0.6 is 0 Å². The summed E-state index contributed by atoms with van der Waals surface area (Å²) in [5, 5.41) is 0. The number of ether oxygens (including phenoxy) is 3. The van der Waals surface area contributed by atoms with Gasteiger partial charge in [0.25, 0.3) is 0 Å². The first-order valence-electron chi connectivity index (χ1n) is 6.75. The van der Waals surface area contributed by atoms with Crippen molar-refractivity contribution >= 4 is 5.97 Å². The van der Waals surface area contributed by atoms with E-state index in [0.29, 0.717) is 41.5 Å². The van der Waals surface area contributed by atoms with E-state index in [1.54, 1.807) is 12.1 Å². The van der Waals surface area contributed by atoms with E-state index < -0.39 is 11.8 Å². The lowest BCUT2D eigenvalue weighted by atomic mass is 10.0. The summed E-state index contributed by atoms with van der Waals surface area (Å²) in [6.45, 7) is 0. The molecule has 2 heterocycles. The van der Waals surface area contributed by atoms with E-state index in [1.165, 1.54) is 20.3 Å². The van der Waals surface area contributed by atoms with E-state index in [2.05, 4.69) is 9.72 Å². The Hall–Kier alpha value is -2.63. The summed E-state index contributed by atoms with van der Waals surface area (Å²) < 4.78 is 29.7. The Morgan fingerprint density at radius 2 is 2.05 bits per heavy atom. The minimum absolute atomic E-state index is 0.115. The zero-order valence-corrected chi connectivity index (χ0v) is 12.2. The predicted octanol–water partition coefficient (Wildman–Crippen LogP) is 2.91. The molecule has 6 heteroatoms. The number of esters is 1. The van der Waals surface area contributed by atoms with Gasteiger partial charge in [0.05, 0.1) is 25.5 Å². The SMILES string of the molecule is COC(=O)c1cc(F)c2c(c1)Oc1ccc(OC)nc1CC2. The lowest BCUT2D eigenvalue weighted by Crippen LogP contribution is -2.04. The zero-order valence-electron chi connectivity index (χ0n) is 12.2. The zero-order chi connectivity index (χ0) is 15.7. The van der Waals surface area contributed by atoms with Crippen LogP contribution in [0.15, 0.2) is 24.3 Å². The minimum atomic E-state index is -0.609. The Bertz CT molecular complexity index is 745. The quantitative estimate of drug-likeness (QED) is 0.798. The second kappa shape index (κ2) is 5.63. The average Bonchev–Trinajstić information content (AvgIpc) is 2.72. The number of hydrogen-bond donors (Lipinski definition) is 0. The number of halogens is 1. The number of aryl methyl sites for hydroxylation is 1. The Morgan fingerprint density at radius 1 is 1.23 bits per heavy atom. The summed E-state index contributed by atoms with van der Waals surface area (Å²) in [5.74, 6) is 0.219. The van der Waals surface area contributed by atoms with Crippen LogP contribution in [0.4, 0.5) is 4.39 Å². The average molecular weight is 303 g/mol. The van der Waals surface area contributed by atoms with E-state index >= 15 is 0 Å². The van der Waals surface area contributed by atoms with Crippen LogP contribution in [0.1, 0.15) is 21.6 Å². The maximum Gasteiger partial charge on any atom is 0.338 e. The highest BCUT2D eigenvalue weighted by Crippen LogP contribution is 2.36. The lowest BCUT2D eigenvalue weighted by molar-refractivity contribution is 0.0599. The molecule has 0 radical (unpaired) electrons. The third-order valence-corrected chi connectivity index (χ3v) is 3.52. The summed E-state index contributed by atoms with van der Waals surface area (Å²) in [5.41, 5.74) is 1.22. The van der Waals surface area contributed by atoms with Crippen molar-refractivity contribution in [1.29, 1.82) is 0 Å². The molecule has 0 bridgehead atoms. The molecular formula is C16H14FNO4. The predicted molar refractivity (Wildman–Crippen MR) is 76.0 cm³/mol. The highest BCUT2D eigenvalue weighted by Gasteiger charge is 2.22. The number of hydrogen-bond acceptors (Lipinski definition) is 5. The van der Waals surface area contributed by atoms with Crippen molar-refractivity contribution in [3.05, 3.63) is 46.9 Å². The lowest BCUT2D eigenvalue weighted by Gasteiger charge is -2.11. The van der Waals surface area contributed by atoms with Crippen molar-refractivity contribution in [1.82, 2.24) is 4.98 Å². The summed E-state index contributed by atoms with van der Waals surface area (Å²) in [4.78, 5) is 15.9. The monoisotopic (exact) mass is 303 g/mol. The molecule has 1 aromatic carbocycles. The molecule has 22 heavy (non-hydrogen) atoms. The first-order valence-corrected chi connectivity index (χ1v) is 6.75. The Kier molecular flexibility index (Phi) is 3.66. The molecule has 0 saturated carbocycles. The second-order valence-corrected chi connectivity index (χ2v) is 4.83. The molecule has 0 atom stereocenters. The first kappa shape index (κ1) is 14.3. The topological polar surface area (TPSA) is 57.7 Å². The van der Waals surface area contributed by atoms with Crippen molar-refractivity contribution in [2.24, 2.45) is 0 Å². The Balaban J connectivity index is 2.05. The molecule has 5 nitrogen and oxygen atoms in total. The van der Waals surface area contributed by atoms with Gasteiger partial charge < -0.3 is 14.2 Å². The number of benzene rings is 1. The van der Waals surface area contributed by atoms with Gasteiger partial charge in [-0.1, -0.05) is 0 Å². The molecule has 2 aromatic rings. The van der Waals surface area contributed by atoms with Crippen molar-refractivity contribution in [3.63, 3.8) is 0 Å². The van der Waals surface area contributed by atoms with Crippen molar-refractivity contribution in [2.45, 2.75) is 12.8 Å². The van der Waals surface area contributed by atoms with Crippen molar-refractivity contribution in [2.75, 3.05) is 14.2 Å². The van der Waals surface area contributed by atoms with Crippen LogP contribution in [0.5, 0.6) is 17.4 Å². The minimum Gasteiger partial charge on any atom is -0.481 e. The molecular weight excluding hydrogens is 289 g/mol. The number of nitrogens with zero attached hydrogens (tertiary/aromatic N) is 1. The Labute approximate surface area is 126 Å². The smallest absolute Gasteiger partial charge is 0.338 e. The van der Waals surface area contributed by atoms with Gasteiger partial charge in [-0.3, -0.25) is 0 Å². The highest BCUT2D eigenvalue weighted by atomic mass is 19.1. The molecule has 1 aliphatic heterocycles. The van der Waals surface area contributed by atoms with Crippen LogP contribution in [-0.4, -0.2) is 25.2 Å². The van der Waals surface area contributed by atoms with Gasteiger partial charge in [0.2, 0.25) is 5.88 Å². The van der Waals surface area contributed by atoms with E-state index in [-0.39, 0.29) is 5.56 Å². The van der Waals surface area contributed by atoms with Gasteiger partial charge in [-0.05, 0) is 31.0 Å². The summed E-state index contributed by atoms with van der Waals surface area (Å²) in [6, 6.07) is 6.05. The second-order valence-electron chi connectivity index (χ2n) is 4.83. The van der Waals surface area contributed by atoms with Crippen LogP contribution in [0.25, 0.3) is 0 Å². The maximum absolute atomic E-state index is 14.2. The van der Waals surface area contributed by atoms with Gasteiger partial charge in [-0.15, -0.1) is 0 Å². The largest absolute Gasteiger partial charge is 0.481 e. The molecule has 0 aliphatic carbocycles. The van der Waals surface area contributed by atoms with Crippen LogP contribution in [0.2, 0.25) is 0 Å². The van der Waals surface area contributed by atoms with Crippen LogP contribution < -0.4 is 9.47 Å². The van der Waals surface area contributed by atoms with Crippen LogP contribution in [-0.2, 0) is 17.6 Å². The fraction of sp³-hybridized carbons (Fsp3) is 0.250. The van der Waals surface area contributed by atoms with Gasteiger partial charge in [-0.25, -0.2) is 14.2 Å². The molecule has 0 spiro atoms. The number of aromatic nitrogens is 1. The van der Waals surface area contributed by atoms with E-state index in [1.807, 2.05) is 0 Å². The van der Waals surface area contributed by atoms with Crippen molar-refractivity contribution < 1.29 is 23.4 Å². The molecule has 114 valence electrons. The summed E-state index contributed by atoms with van der Waals surface area (Å²) in [6.07, 6.45) is 0.948. The number of carbonyl (C=O) groups is 1. The third kappa shape index (κ3) is 2.47. The standard InChI is InChI=1S/C16H14FNO4/c1-20-15-6-5-13-12(18-15)4-3-10-11(17)7-9(16(19)21-2)8-14(10)22-13/h5-8H,3-4H2,1-2H3. The maximum atomic E-state index is 14.2. The van der Waals surface area contributed by atoms with Gasteiger partial charge in [0.1, 0.15) is 17.3 Å². The molecule has 0 saturated heterocycles. The van der Waals surface area contributed by atoms with E-state index in [9.17, 15) is 9.18 Å². The van der Waals surface area contributed by atoms with E-state index in [0.717, 1.165) is 6.07 Å². The molecule has 0 unspecified atom stereocenters. The number of rotatable bonds is 2. The number of carbonyl (C=O) groups excluding carboxylic acids is 1.